The van der Waals surface area contributed by atoms with Gasteiger partial charge in [0, 0.05) is 37.2 Å². The maximum absolute atomic E-state index is 12.8. The van der Waals surface area contributed by atoms with Crippen LogP contribution in [0.5, 0.6) is 11.5 Å². The van der Waals surface area contributed by atoms with Crippen LogP contribution in [0, 0.1) is 0 Å². The zero-order valence-electron chi connectivity index (χ0n) is 25.7. The first-order valence-electron chi connectivity index (χ1n) is 16.2. The minimum absolute atomic E-state index is 0.0199. The quantitative estimate of drug-likeness (QED) is 0.149. The van der Waals surface area contributed by atoms with Crippen molar-refractivity contribution >= 4 is 5.97 Å². The van der Waals surface area contributed by atoms with Gasteiger partial charge in [-0.05, 0) is 89.1 Å². The normalized spacial score (nSPS) is 29.3. The molecule has 0 aromatic heterocycles. The van der Waals surface area contributed by atoms with E-state index >= 15 is 0 Å². The van der Waals surface area contributed by atoms with Crippen molar-refractivity contribution < 1.29 is 19.4 Å². The summed E-state index contributed by atoms with van der Waals surface area (Å²) in [5, 5.41) is 12.8. The Hall–Kier alpha value is -2.67. The first kappa shape index (κ1) is 29.4. The molecule has 2 heterocycles. The number of hydrogen-bond acceptors (Lipinski definition) is 6. The van der Waals surface area contributed by atoms with E-state index in [9.17, 15) is 9.90 Å². The predicted octanol–water partition coefficient (Wildman–Crippen LogP) is 5.83. The zero-order chi connectivity index (χ0) is 29.5. The van der Waals surface area contributed by atoms with E-state index in [0.717, 1.165) is 63.7 Å². The molecule has 6 nitrogen and oxygen atoms in total. The van der Waals surface area contributed by atoms with E-state index in [1.807, 2.05) is 12.1 Å². The monoisotopic (exact) mass is 572 g/mol. The highest BCUT2D eigenvalue weighted by atomic mass is 16.6. The number of piperidine rings is 1. The van der Waals surface area contributed by atoms with Gasteiger partial charge in [-0.3, -0.25) is 14.6 Å². The Morgan fingerprint density at radius 3 is 2.69 bits per heavy atom. The van der Waals surface area contributed by atoms with E-state index in [0.29, 0.717) is 17.5 Å². The highest BCUT2D eigenvalue weighted by Crippen LogP contribution is 2.66. The number of unbranched alkanes of at least 4 members (excludes halogenated alkanes) is 3. The standard InChI is InChI=1S/C36H48N2O4/c1-5-21-37-23-20-35-32-28-16-17-30(41-26(4)39)33(32)42-34(35)29(18-19-36(35,40)31(37)24-28)38(25(2)3)22-12-7-6-9-13-27-14-10-8-11-15-27/h5,8,10-11,14-17,25,29,31,34,40H,1,6-7,9,12-13,18-24H2,2-4H3/t29-,31-,34+,35+,36-/m1/s1. The number of carbonyl (C=O) groups is 1. The Kier molecular flexibility index (Phi) is 8.25. The average Bonchev–Trinajstić information content (AvgIpc) is 3.32. The molecule has 4 aliphatic rings. The highest BCUT2D eigenvalue weighted by molar-refractivity contribution is 5.72. The zero-order valence-corrected chi connectivity index (χ0v) is 25.7. The van der Waals surface area contributed by atoms with Gasteiger partial charge in [-0.2, -0.15) is 0 Å². The summed E-state index contributed by atoms with van der Waals surface area (Å²) in [6, 6.07) is 15.3. The first-order chi connectivity index (χ1) is 20.3. The van der Waals surface area contributed by atoms with E-state index in [2.05, 4.69) is 66.6 Å². The Labute approximate surface area is 251 Å². The van der Waals surface area contributed by atoms with Crippen molar-refractivity contribution in [3.63, 3.8) is 0 Å². The number of hydrogen-bond donors (Lipinski definition) is 1. The van der Waals surface area contributed by atoms with Gasteiger partial charge in [0.25, 0.3) is 0 Å². The molecule has 6 heteroatoms. The van der Waals surface area contributed by atoms with Crippen LogP contribution in [-0.4, -0.2) is 70.3 Å². The van der Waals surface area contributed by atoms with E-state index in [4.69, 9.17) is 9.47 Å². The second kappa shape index (κ2) is 11.8. The Morgan fingerprint density at radius 2 is 1.95 bits per heavy atom. The second-order valence-corrected chi connectivity index (χ2v) is 13.3. The molecule has 1 N–H and O–H groups in total. The maximum atomic E-state index is 12.8. The van der Waals surface area contributed by atoms with E-state index in [1.165, 1.54) is 37.3 Å². The number of nitrogens with zero attached hydrogens (tertiary/aromatic N) is 2. The summed E-state index contributed by atoms with van der Waals surface area (Å²) in [4.78, 5) is 17.1. The van der Waals surface area contributed by atoms with Gasteiger partial charge in [0.1, 0.15) is 6.10 Å². The van der Waals surface area contributed by atoms with Crippen molar-refractivity contribution in [3.8, 4) is 11.5 Å². The molecule has 1 saturated heterocycles. The van der Waals surface area contributed by atoms with Gasteiger partial charge >= 0.3 is 5.97 Å². The molecule has 2 aromatic rings. The van der Waals surface area contributed by atoms with Gasteiger partial charge in [0.05, 0.1) is 11.0 Å². The molecule has 0 radical (unpaired) electrons. The third-order valence-corrected chi connectivity index (χ3v) is 10.7. The van der Waals surface area contributed by atoms with Crippen LogP contribution in [0.3, 0.4) is 0 Å². The molecule has 1 saturated carbocycles. The number of aryl methyl sites for hydroxylation is 1. The van der Waals surface area contributed by atoms with E-state index in [1.54, 1.807) is 0 Å². The van der Waals surface area contributed by atoms with Gasteiger partial charge in [-0.1, -0.05) is 55.3 Å². The molecule has 42 heavy (non-hydrogen) atoms. The van der Waals surface area contributed by atoms with Crippen LogP contribution in [0.25, 0.3) is 0 Å². The third kappa shape index (κ3) is 4.80. The van der Waals surface area contributed by atoms with Crippen LogP contribution in [-0.2, 0) is 23.1 Å². The fourth-order valence-electron chi connectivity index (χ4n) is 8.98. The molecule has 0 amide bonds. The highest BCUT2D eigenvalue weighted by Gasteiger charge is 2.73. The summed E-state index contributed by atoms with van der Waals surface area (Å²) in [6.45, 7) is 12.7. The molecule has 2 bridgehead atoms. The molecule has 226 valence electrons. The lowest BCUT2D eigenvalue weighted by molar-refractivity contribution is -0.200. The van der Waals surface area contributed by atoms with E-state index in [-0.39, 0.29) is 24.2 Å². The minimum Gasteiger partial charge on any atom is -0.483 e. The van der Waals surface area contributed by atoms with Gasteiger partial charge in [0.2, 0.25) is 0 Å². The maximum Gasteiger partial charge on any atom is 0.308 e. The van der Waals surface area contributed by atoms with Crippen LogP contribution >= 0.6 is 0 Å². The molecule has 2 fully saturated rings. The average molecular weight is 573 g/mol. The third-order valence-electron chi connectivity index (χ3n) is 10.7. The fraction of sp³-hybridized carbons (Fsp3) is 0.583. The molecule has 0 unspecified atom stereocenters. The van der Waals surface area contributed by atoms with Crippen LogP contribution in [0.1, 0.15) is 82.4 Å². The second-order valence-electron chi connectivity index (χ2n) is 13.3. The molecular formula is C36H48N2O4. The molecule has 1 spiro atoms. The largest absolute Gasteiger partial charge is 0.483 e. The summed E-state index contributed by atoms with van der Waals surface area (Å²) in [5.41, 5.74) is 2.34. The number of rotatable bonds is 12. The van der Waals surface area contributed by atoms with Gasteiger partial charge < -0.3 is 14.6 Å². The van der Waals surface area contributed by atoms with Crippen molar-refractivity contribution in [3.05, 3.63) is 71.8 Å². The summed E-state index contributed by atoms with van der Waals surface area (Å²) in [7, 11) is 0. The van der Waals surface area contributed by atoms with Gasteiger partial charge in [-0.25, -0.2) is 0 Å². The Bertz CT molecular complexity index is 1290. The fourth-order valence-corrected chi connectivity index (χ4v) is 8.98. The Morgan fingerprint density at radius 1 is 1.17 bits per heavy atom. The number of carbonyl (C=O) groups excluding carboxylic acids is 1. The number of esters is 1. The molecular weight excluding hydrogens is 524 g/mol. The van der Waals surface area contributed by atoms with Gasteiger partial charge in [0.15, 0.2) is 11.5 Å². The number of benzene rings is 2. The van der Waals surface area contributed by atoms with Crippen LogP contribution in [0.2, 0.25) is 0 Å². The lowest BCUT2D eigenvalue weighted by atomic mass is 9.48. The van der Waals surface area contributed by atoms with Crippen molar-refractivity contribution in [1.82, 2.24) is 9.80 Å². The summed E-state index contributed by atoms with van der Waals surface area (Å²) in [5.74, 6) is 0.838. The van der Waals surface area contributed by atoms with E-state index < -0.39 is 11.0 Å². The van der Waals surface area contributed by atoms with Crippen LogP contribution < -0.4 is 9.47 Å². The summed E-state index contributed by atoms with van der Waals surface area (Å²) >= 11 is 0. The first-order valence-corrected chi connectivity index (χ1v) is 16.2. The van der Waals surface area contributed by atoms with Crippen LogP contribution in [0.15, 0.2) is 55.1 Å². The molecule has 2 aliphatic heterocycles. The smallest absolute Gasteiger partial charge is 0.308 e. The lowest BCUT2D eigenvalue weighted by Gasteiger charge is -2.65. The predicted molar refractivity (Wildman–Crippen MR) is 166 cm³/mol. The topological polar surface area (TPSA) is 62.2 Å². The number of ether oxygens (including phenoxy) is 2. The summed E-state index contributed by atoms with van der Waals surface area (Å²) in [6.07, 6.45) is 11.0. The molecule has 6 rings (SSSR count). The SMILES string of the molecule is C=CCN1CC[C@]23c4c5ccc(OC(C)=O)c4O[C@H]2[C@H](N(CCCCCCc2ccccc2)C(C)C)CC[C@@]3(O)[C@H]1C5. The van der Waals surface area contributed by atoms with Crippen molar-refractivity contribution in [2.24, 2.45) is 0 Å². The minimum atomic E-state index is -0.900. The van der Waals surface area contributed by atoms with Crippen molar-refractivity contribution in [1.29, 1.82) is 0 Å². The van der Waals surface area contributed by atoms with Crippen molar-refractivity contribution in [2.45, 2.75) is 114 Å². The van der Waals surface area contributed by atoms with Crippen molar-refractivity contribution in [2.75, 3.05) is 19.6 Å². The van der Waals surface area contributed by atoms with Crippen LogP contribution in [0.4, 0.5) is 0 Å². The molecule has 2 aliphatic carbocycles. The molecule has 5 atom stereocenters. The van der Waals surface area contributed by atoms with Gasteiger partial charge in [-0.15, -0.1) is 6.58 Å². The summed E-state index contributed by atoms with van der Waals surface area (Å²) < 4.78 is 12.7. The number of aliphatic hydroxyl groups is 1. The Balaban J connectivity index is 1.26. The number of likely N-dealkylation sites (tertiary alicyclic amines) is 1. The molecule has 2 aromatic carbocycles. The lowest BCUT2D eigenvalue weighted by Crippen LogP contribution is -2.78.